The van der Waals surface area contributed by atoms with Crippen LogP contribution < -0.4 is 9.61 Å². The van der Waals surface area contributed by atoms with Crippen molar-refractivity contribution >= 4 is 50.8 Å². The smallest absolute Gasteiger partial charge is 0.409 e. The van der Waals surface area contributed by atoms with E-state index in [1.165, 1.54) is 0 Å². The highest BCUT2D eigenvalue weighted by atomic mass is 79.9. The van der Waals surface area contributed by atoms with Crippen molar-refractivity contribution in [2.24, 2.45) is 5.92 Å². The first-order valence-electron chi connectivity index (χ1n) is 9.87. The van der Waals surface area contributed by atoms with Gasteiger partial charge in [-0.1, -0.05) is 78.3 Å². The van der Waals surface area contributed by atoms with Gasteiger partial charge in [0.1, 0.15) is 17.9 Å². The zero-order chi connectivity index (χ0) is 22.6. The number of hydrogen-bond donors (Lipinski definition) is 1. The minimum absolute atomic E-state index is 0.229. The third-order valence-corrected chi connectivity index (χ3v) is 6.86. The Kier molecular flexibility index (Phi) is 7.82. The van der Waals surface area contributed by atoms with Gasteiger partial charge in [-0.2, -0.15) is 0 Å². The molecule has 0 fully saturated rings. The summed E-state index contributed by atoms with van der Waals surface area (Å²) in [7, 11) is 0. The molecule has 3 atom stereocenters. The van der Waals surface area contributed by atoms with Gasteiger partial charge < -0.3 is 9.26 Å². The molecule has 3 aromatic rings. The zero-order valence-electron chi connectivity index (χ0n) is 17.4. The first-order valence-corrected chi connectivity index (χ1v) is 13.2. The molecule has 0 bridgehead atoms. The molecule has 0 amide bonds. The van der Waals surface area contributed by atoms with E-state index in [4.69, 9.17) is 20.5 Å². The number of hydrogen-bond acceptors (Lipinski definition) is 4. The number of halogens is 2. The maximum absolute atomic E-state index is 13.1. The molecular formula is C23H24BrClNO4P. The SMILES string of the molecule is CC(OC(=O)C(NP(=O)(Cl)Oc1cccc2ccccc12)C(C)C)c1ccc(Br)cc1. The monoisotopic (exact) mass is 523 g/mol. The van der Waals surface area contributed by atoms with Gasteiger partial charge in [-0.3, -0.25) is 4.79 Å². The molecule has 3 aromatic carbocycles. The van der Waals surface area contributed by atoms with Crippen molar-refractivity contribution in [1.29, 1.82) is 0 Å². The summed E-state index contributed by atoms with van der Waals surface area (Å²) in [6.45, 7) is 1.53. The Morgan fingerprint density at radius 2 is 1.65 bits per heavy atom. The molecule has 3 unspecified atom stereocenters. The van der Waals surface area contributed by atoms with Crippen LogP contribution in [-0.2, 0) is 14.1 Å². The van der Waals surface area contributed by atoms with Crippen molar-refractivity contribution in [3.63, 3.8) is 0 Å². The van der Waals surface area contributed by atoms with Crippen molar-refractivity contribution in [1.82, 2.24) is 5.09 Å². The number of benzene rings is 3. The standard InChI is InChI=1S/C23H24BrClNO4P/c1-15(2)22(23(27)29-16(3)17-11-13-19(24)14-12-17)26-31(25,28)30-21-10-6-8-18-7-4-5-9-20(18)21/h4-16,22H,1-3H3,(H,26,28). The summed E-state index contributed by atoms with van der Waals surface area (Å²) >= 11 is 9.62. The lowest BCUT2D eigenvalue weighted by Gasteiger charge is -2.25. The average molecular weight is 525 g/mol. The van der Waals surface area contributed by atoms with Gasteiger partial charge in [0.05, 0.1) is 0 Å². The molecule has 0 aromatic heterocycles. The van der Waals surface area contributed by atoms with Crippen molar-refractivity contribution in [3.05, 3.63) is 76.8 Å². The quantitative estimate of drug-likeness (QED) is 0.248. The number of nitrogens with one attached hydrogen (secondary N) is 1. The van der Waals surface area contributed by atoms with Crippen molar-refractivity contribution in [3.8, 4) is 5.75 Å². The molecule has 0 aliphatic heterocycles. The zero-order valence-corrected chi connectivity index (χ0v) is 20.7. The van der Waals surface area contributed by atoms with E-state index < -0.39 is 25.0 Å². The van der Waals surface area contributed by atoms with Crippen LogP contribution in [0.5, 0.6) is 5.75 Å². The van der Waals surface area contributed by atoms with Crippen LogP contribution in [0.4, 0.5) is 0 Å². The Morgan fingerprint density at radius 3 is 2.32 bits per heavy atom. The van der Waals surface area contributed by atoms with E-state index in [1.54, 1.807) is 19.1 Å². The van der Waals surface area contributed by atoms with Crippen LogP contribution in [0.3, 0.4) is 0 Å². The molecule has 0 spiro atoms. The van der Waals surface area contributed by atoms with Gasteiger partial charge in [0.15, 0.2) is 0 Å². The van der Waals surface area contributed by atoms with Crippen LogP contribution in [0.2, 0.25) is 0 Å². The highest BCUT2D eigenvalue weighted by molar-refractivity contribution is 9.10. The maximum atomic E-state index is 13.1. The summed E-state index contributed by atoms with van der Waals surface area (Å²) in [5, 5.41) is 4.40. The Bertz CT molecular complexity index is 1100. The molecule has 0 radical (unpaired) electrons. The van der Waals surface area contributed by atoms with Crippen LogP contribution in [0.25, 0.3) is 10.8 Å². The van der Waals surface area contributed by atoms with Crippen LogP contribution in [-0.4, -0.2) is 12.0 Å². The van der Waals surface area contributed by atoms with Crippen LogP contribution >= 0.6 is 34.0 Å². The molecule has 8 heteroatoms. The van der Waals surface area contributed by atoms with Crippen molar-refractivity contribution < 1.29 is 18.6 Å². The predicted molar refractivity (Wildman–Crippen MR) is 128 cm³/mol. The van der Waals surface area contributed by atoms with Crippen LogP contribution in [0.15, 0.2) is 71.2 Å². The second-order valence-corrected chi connectivity index (χ2v) is 11.2. The van der Waals surface area contributed by atoms with Crippen molar-refractivity contribution in [2.75, 3.05) is 0 Å². The van der Waals surface area contributed by atoms with Gasteiger partial charge in [0.2, 0.25) is 0 Å². The van der Waals surface area contributed by atoms with Gasteiger partial charge in [-0.15, -0.1) is 0 Å². The molecule has 0 heterocycles. The molecule has 31 heavy (non-hydrogen) atoms. The normalized spacial score (nSPS) is 15.3. The van der Waals surface area contributed by atoms with E-state index in [0.717, 1.165) is 20.8 Å². The highest BCUT2D eigenvalue weighted by Gasteiger charge is 2.34. The fourth-order valence-electron chi connectivity index (χ4n) is 3.12. The fourth-order valence-corrected chi connectivity index (χ4v) is 5.12. The Balaban J connectivity index is 1.74. The summed E-state index contributed by atoms with van der Waals surface area (Å²) in [6.07, 6.45) is -0.475. The largest absolute Gasteiger partial charge is 0.457 e. The Labute approximate surface area is 195 Å². The topological polar surface area (TPSA) is 64.6 Å². The molecule has 164 valence electrons. The fraction of sp³-hybridized carbons (Fsp3) is 0.261. The third kappa shape index (κ3) is 6.33. The second kappa shape index (κ2) is 10.2. The molecule has 3 rings (SSSR count). The number of fused-ring (bicyclic) bond motifs is 1. The summed E-state index contributed by atoms with van der Waals surface area (Å²) in [6, 6.07) is 19.5. The summed E-state index contributed by atoms with van der Waals surface area (Å²) in [4.78, 5) is 12.8. The first-order chi connectivity index (χ1) is 14.7. The number of rotatable bonds is 8. The van der Waals surface area contributed by atoms with E-state index in [2.05, 4.69) is 21.0 Å². The Morgan fingerprint density at radius 1 is 1.00 bits per heavy atom. The highest BCUT2D eigenvalue weighted by Crippen LogP contribution is 2.50. The number of carbonyl (C=O) groups is 1. The van der Waals surface area contributed by atoms with Gasteiger partial charge in [0.25, 0.3) is 0 Å². The molecule has 0 aliphatic carbocycles. The minimum atomic E-state index is -3.89. The van der Waals surface area contributed by atoms with Crippen LogP contribution in [0.1, 0.15) is 32.4 Å². The van der Waals surface area contributed by atoms with Gasteiger partial charge in [-0.25, -0.2) is 9.65 Å². The van der Waals surface area contributed by atoms with Crippen molar-refractivity contribution in [2.45, 2.75) is 32.9 Å². The molecule has 1 N–H and O–H groups in total. The van der Waals surface area contributed by atoms with Crippen LogP contribution in [0, 0.1) is 5.92 Å². The van der Waals surface area contributed by atoms with Gasteiger partial charge in [0, 0.05) is 21.1 Å². The minimum Gasteiger partial charge on any atom is -0.457 e. The summed E-state index contributed by atoms with van der Waals surface area (Å²) < 4.78 is 25.3. The molecular weight excluding hydrogens is 501 g/mol. The molecule has 0 aliphatic rings. The van der Waals surface area contributed by atoms with E-state index in [0.29, 0.717) is 5.75 Å². The summed E-state index contributed by atoms with van der Waals surface area (Å²) in [5.41, 5.74) is 0.847. The average Bonchev–Trinajstić information content (AvgIpc) is 2.72. The predicted octanol–water partition coefficient (Wildman–Crippen LogP) is 7.25. The van der Waals surface area contributed by atoms with E-state index in [9.17, 15) is 9.36 Å². The number of ether oxygens (including phenoxy) is 1. The van der Waals surface area contributed by atoms with E-state index in [1.807, 2.05) is 68.4 Å². The molecule has 5 nitrogen and oxygen atoms in total. The van der Waals surface area contributed by atoms with E-state index in [-0.39, 0.29) is 5.92 Å². The molecule has 0 saturated carbocycles. The number of esters is 1. The Hall–Kier alpha value is -1.85. The number of carbonyl (C=O) groups excluding carboxylic acids is 1. The molecule has 0 saturated heterocycles. The first kappa shape index (κ1) is 23.8. The lowest BCUT2D eigenvalue weighted by molar-refractivity contribution is -0.151. The second-order valence-electron chi connectivity index (χ2n) is 7.53. The maximum Gasteiger partial charge on any atom is 0.409 e. The lowest BCUT2D eigenvalue weighted by Crippen LogP contribution is -2.40. The summed E-state index contributed by atoms with van der Waals surface area (Å²) in [5.74, 6) is -0.399. The van der Waals surface area contributed by atoms with Gasteiger partial charge in [-0.05, 0) is 42.0 Å². The lowest BCUT2D eigenvalue weighted by atomic mass is 10.1. The van der Waals surface area contributed by atoms with Gasteiger partial charge >= 0.3 is 12.8 Å². The third-order valence-electron chi connectivity index (χ3n) is 4.81. The van der Waals surface area contributed by atoms with E-state index >= 15 is 0 Å².